The minimum Gasteiger partial charge on any atom is -0.467 e. The normalized spacial score (nSPS) is 13.8. The second-order valence-corrected chi connectivity index (χ2v) is 10.5. The number of carbonyl (C=O) groups excluding carboxylic acids is 4. The minimum absolute atomic E-state index is 0.0328. The van der Waals surface area contributed by atoms with Gasteiger partial charge in [-0.3, -0.25) is 19.7 Å². The van der Waals surface area contributed by atoms with E-state index < -0.39 is 28.9 Å². The van der Waals surface area contributed by atoms with E-state index in [1.54, 1.807) is 24.8 Å². The van der Waals surface area contributed by atoms with E-state index in [9.17, 15) is 29.3 Å². The lowest BCUT2D eigenvalue weighted by atomic mass is 10.1. The molecular formula is C26H39N3O8S. The van der Waals surface area contributed by atoms with Crippen LogP contribution in [-0.4, -0.2) is 66.5 Å². The largest absolute Gasteiger partial charge is 0.467 e. The Labute approximate surface area is 227 Å². The second-order valence-electron chi connectivity index (χ2n) is 9.49. The molecule has 1 aromatic rings. The lowest BCUT2D eigenvalue weighted by Gasteiger charge is -2.18. The van der Waals surface area contributed by atoms with E-state index in [1.807, 2.05) is 20.1 Å². The van der Waals surface area contributed by atoms with Gasteiger partial charge in [-0.15, -0.1) is 0 Å². The number of nitrogens with one attached hydrogen (secondary N) is 2. The number of methoxy groups -OCH3 is 1. The molecule has 0 aliphatic heterocycles. The Balaban J connectivity index is 0.000000464. The van der Waals surface area contributed by atoms with Crippen LogP contribution in [0.25, 0.3) is 0 Å². The highest BCUT2D eigenvalue weighted by atomic mass is 32.2. The molecule has 0 bridgehead atoms. The molecule has 2 rings (SSSR count). The smallest absolute Gasteiger partial charge is 0.328 e. The summed E-state index contributed by atoms with van der Waals surface area (Å²) in [5.74, 6) is 0.196. The molecule has 11 nitrogen and oxygen atoms in total. The number of nitro benzene ring substituents is 1. The number of hydrogen-bond donors (Lipinski definition) is 2. The quantitative estimate of drug-likeness (QED) is 0.201. The van der Waals surface area contributed by atoms with Crippen LogP contribution in [0.3, 0.4) is 0 Å². The van der Waals surface area contributed by atoms with Crippen molar-refractivity contribution < 1.29 is 33.6 Å². The Morgan fingerprint density at radius 2 is 1.79 bits per heavy atom. The molecule has 38 heavy (non-hydrogen) atoms. The monoisotopic (exact) mass is 553 g/mol. The van der Waals surface area contributed by atoms with Crippen molar-refractivity contribution in [1.82, 2.24) is 10.6 Å². The zero-order chi connectivity index (χ0) is 28.7. The maximum Gasteiger partial charge on any atom is 0.328 e. The van der Waals surface area contributed by atoms with Gasteiger partial charge < -0.3 is 20.1 Å². The molecule has 0 spiro atoms. The van der Waals surface area contributed by atoms with E-state index in [0.717, 1.165) is 12.8 Å². The number of hydrogen-bond acceptors (Lipinski definition) is 9. The Kier molecular flexibility index (Phi) is 15.0. The van der Waals surface area contributed by atoms with Crippen molar-refractivity contribution in [2.75, 3.05) is 25.7 Å². The summed E-state index contributed by atoms with van der Waals surface area (Å²) in [6.45, 7) is 5.79. The minimum atomic E-state index is -0.711. The third kappa shape index (κ3) is 14.0. The van der Waals surface area contributed by atoms with E-state index in [1.165, 1.54) is 25.3 Å². The maximum atomic E-state index is 12.2. The van der Waals surface area contributed by atoms with Crippen molar-refractivity contribution in [2.45, 2.75) is 65.0 Å². The number of nitro groups is 1. The molecule has 0 radical (unpaired) electrons. The Hall–Kier alpha value is -3.15. The number of ether oxygens (including phenoxy) is 2. The molecule has 12 heteroatoms. The number of non-ortho nitro benzene ring substituents is 1. The lowest BCUT2D eigenvalue weighted by Crippen LogP contribution is -2.43. The van der Waals surface area contributed by atoms with Gasteiger partial charge in [-0.2, -0.15) is 11.8 Å². The van der Waals surface area contributed by atoms with Crippen molar-refractivity contribution >= 4 is 41.2 Å². The Morgan fingerprint density at radius 3 is 2.34 bits per heavy atom. The highest BCUT2D eigenvalue weighted by Gasteiger charge is 2.26. The average Bonchev–Trinajstić information content (AvgIpc) is 3.68. The molecule has 1 aliphatic rings. The molecule has 0 aromatic heterocycles. The fourth-order valence-corrected chi connectivity index (χ4v) is 3.64. The summed E-state index contributed by atoms with van der Waals surface area (Å²) in [6, 6.07) is 4.65. The van der Waals surface area contributed by atoms with Crippen LogP contribution in [0.5, 0.6) is 0 Å². The highest BCUT2D eigenvalue weighted by molar-refractivity contribution is 7.98. The predicted octanol–water partition coefficient (Wildman–Crippen LogP) is 3.04. The molecule has 1 fully saturated rings. The van der Waals surface area contributed by atoms with Gasteiger partial charge in [-0.05, 0) is 55.6 Å². The first-order chi connectivity index (χ1) is 18.0. The molecular weight excluding hydrogens is 514 g/mol. The van der Waals surface area contributed by atoms with Gasteiger partial charge in [0.05, 0.1) is 25.1 Å². The third-order valence-corrected chi connectivity index (χ3v) is 6.02. The molecule has 1 aromatic carbocycles. The fourth-order valence-electron chi connectivity index (χ4n) is 3.17. The van der Waals surface area contributed by atoms with Crippen LogP contribution in [-0.2, 0) is 35.1 Å². The number of benzene rings is 1. The molecule has 2 N–H and O–H groups in total. The number of esters is 2. The van der Waals surface area contributed by atoms with Gasteiger partial charge in [-0.1, -0.05) is 26.0 Å². The van der Waals surface area contributed by atoms with E-state index in [-0.39, 0.29) is 29.8 Å². The first kappa shape index (κ1) is 32.9. The molecule has 0 saturated heterocycles. The Morgan fingerprint density at radius 1 is 1.11 bits per heavy atom. The van der Waals surface area contributed by atoms with E-state index in [0.29, 0.717) is 36.7 Å². The SMILES string of the molecule is COC(=O)[C@H](C)NC(=O)CC1CC1.CSCC[C@H](NC(=O)Cc1cccc([N+](=O)[O-])c1)C(=O)OCC(C)C. The van der Waals surface area contributed by atoms with Crippen LogP contribution in [0, 0.1) is 22.0 Å². The number of rotatable bonds is 14. The maximum absolute atomic E-state index is 12.2. The van der Waals surface area contributed by atoms with Crippen molar-refractivity contribution in [2.24, 2.45) is 11.8 Å². The van der Waals surface area contributed by atoms with Gasteiger partial charge in [0.15, 0.2) is 0 Å². The first-order valence-corrected chi connectivity index (χ1v) is 13.9. The number of nitrogens with zero attached hydrogens (tertiary/aromatic N) is 1. The van der Waals surface area contributed by atoms with Gasteiger partial charge in [0.1, 0.15) is 12.1 Å². The highest BCUT2D eigenvalue weighted by Crippen LogP contribution is 2.32. The van der Waals surface area contributed by atoms with Crippen LogP contribution in [0.1, 0.15) is 52.0 Å². The molecule has 212 valence electrons. The van der Waals surface area contributed by atoms with E-state index >= 15 is 0 Å². The van der Waals surface area contributed by atoms with Gasteiger partial charge in [0.2, 0.25) is 11.8 Å². The summed E-state index contributed by atoms with van der Waals surface area (Å²) >= 11 is 1.57. The molecule has 0 unspecified atom stereocenters. The van der Waals surface area contributed by atoms with Crippen molar-refractivity contribution in [1.29, 1.82) is 0 Å². The second kappa shape index (κ2) is 17.4. The van der Waals surface area contributed by atoms with Gasteiger partial charge in [0, 0.05) is 18.6 Å². The summed E-state index contributed by atoms with van der Waals surface area (Å²) in [7, 11) is 1.31. The van der Waals surface area contributed by atoms with Crippen LogP contribution < -0.4 is 10.6 Å². The van der Waals surface area contributed by atoms with Crippen LogP contribution in [0.2, 0.25) is 0 Å². The number of amides is 2. The van der Waals surface area contributed by atoms with Gasteiger partial charge in [-0.25, -0.2) is 9.59 Å². The van der Waals surface area contributed by atoms with Gasteiger partial charge >= 0.3 is 11.9 Å². The van der Waals surface area contributed by atoms with E-state index in [2.05, 4.69) is 15.4 Å². The molecule has 1 aliphatic carbocycles. The van der Waals surface area contributed by atoms with Crippen molar-refractivity contribution in [3.8, 4) is 0 Å². The first-order valence-electron chi connectivity index (χ1n) is 12.5. The lowest BCUT2D eigenvalue weighted by molar-refractivity contribution is -0.384. The predicted molar refractivity (Wildman–Crippen MR) is 144 cm³/mol. The fraction of sp³-hybridized carbons (Fsp3) is 0.615. The topological polar surface area (TPSA) is 154 Å². The molecule has 2 amide bonds. The number of thioether (sulfide) groups is 1. The van der Waals surface area contributed by atoms with Crippen LogP contribution in [0.4, 0.5) is 5.69 Å². The Bertz CT molecular complexity index is 952. The average molecular weight is 554 g/mol. The molecule has 0 heterocycles. The summed E-state index contributed by atoms with van der Waals surface area (Å²) in [6.07, 6.45) is 5.18. The third-order valence-electron chi connectivity index (χ3n) is 5.38. The number of carbonyl (C=O) groups is 4. The van der Waals surface area contributed by atoms with Gasteiger partial charge in [0.25, 0.3) is 5.69 Å². The standard InChI is InChI=1S/C17H24N2O5S.C9H15NO3/c1-12(2)11-24-17(21)15(7-8-25-3)18-16(20)10-13-5-4-6-14(9-13)19(22)23;1-6(9(12)13-2)10-8(11)5-7-3-4-7/h4-6,9,12,15H,7-8,10-11H2,1-3H3,(H,18,20);6-7H,3-5H2,1-2H3,(H,10,11)/t15-;6-/m00/s1. The zero-order valence-corrected chi connectivity index (χ0v) is 23.5. The van der Waals surface area contributed by atoms with E-state index in [4.69, 9.17) is 4.74 Å². The molecule has 2 atom stereocenters. The summed E-state index contributed by atoms with van der Waals surface area (Å²) in [5, 5.41) is 16.1. The zero-order valence-electron chi connectivity index (χ0n) is 22.7. The van der Waals surface area contributed by atoms with Crippen LogP contribution >= 0.6 is 11.8 Å². The summed E-state index contributed by atoms with van der Waals surface area (Å²) < 4.78 is 9.69. The van der Waals surface area contributed by atoms with Crippen molar-refractivity contribution in [3.05, 3.63) is 39.9 Å². The summed E-state index contributed by atoms with van der Waals surface area (Å²) in [5.41, 5.74) is 0.450. The van der Waals surface area contributed by atoms with Crippen LogP contribution in [0.15, 0.2) is 24.3 Å². The summed E-state index contributed by atoms with van der Waals surface area (Å²) in [4.78, 5) is 56.8. The molecule has 1 saturated carbocycles. The van der Waals surface area contributed by atoms with Crippen molar-refractivity contribution in [3.63, 3.8) is 0 Å².